The molecule has 0 amide bonds. The Kier molecular flexibility index (Phi) is 5.02. The molecule has 0 spiro atoms. The van der Waals surface area contributed by atoms with Crippen LogP contribution < -0.4 is 10.3 Å². The van der Waals surface area contributed by atoms with E-state index in [2.05, 4.69) is 5.10 Å². The van der Waals surface area contributed by atoms with Crippen molar-refractivity contribution in [1.29, 1.82) is 0 Å². The third-order valence-electron chi connectivity index (χ3n) is 3.01. The van der Waals surface area contributed by atoms with E-state index >= 15 is 0 Å². The molecule has 0 fully saturated rings. The molecule has 0 saturated heterocycles. The number of ether oxygens (including phenoxy) is 1. The van der Waals surface area contributed by atoms with Crippen molar-refractivity contribution >= 4 is 11.6 Å². The summed E-state index contributed by atoms with van der Waals surface area (Å²) in [7, 11) is 0. The molecule has 0 unspecified atom stereocenters. The second kappa shape index (κ2) is 6.76. The minimum absolute atomic E-state index is 0.129. The zero-order valence-corrected chi connectivity index (χ0v) is 13.2. The van der Waals surface area contributed by atoms with E-state index in [0.29, 0.717) is 12.1 Å². The maximum absolute atomic E-state index is 12.0. The molecule has 21 heavy (non-hydrogen) atoms. The minimum atomic E-state index is -0.129. The van der Waals surface area contributed by atoms with E-state index in [1.54, 1.807) is 6.07 Å². The second-order valence-electron chi connectivity index (χ2n) is 5.00. The van der Waals surface area contributed by atoms with Gasteiger partial charge in [-0.25, -0.2) is 4.68 Å². The van der Waals surface area contributed by atoms with Crippen LogP contribution >= 0.6 is 11.6 Å². The molecular formula is C16H19ClN2O2. The molecule has 0 aliphatic carbocycles. The summed E-state index contributed by atoms with van der Waals surface area (Å²) in [5.74, 6) is 0.998. The number of aryl methyl sites for hydroxylation is 1. The lowest BCUT2D eigenvalue weighted by atomic mass is 10.1. The molecule has 4 nitrogen and oxygen atoms in total. The molecule has 1 heterocycles. The molecule has 0 N–H and O–H groups in total. The minimum Gasteiger partial charge on any atom is -0.491 e. The van der Waals surface area contributed by atoms with Crippen LogP contribution in [0.1, 0.15) is 26.3 Å². The van der Waals surface area contributed by atoms with Gasteiger partial charge in [0.2, 0.25) is 0 Å². The first-order chi connectivity index (χ1) is 10.0. The summed E-state index contributed by atoms with van der Waals surface area (Å²) in [6.07, 6.45) is 0.138. The summed E-state index contributed by atoms with van der Waals surface area (Å²) in [5, 5.41) is 4.36. The Balaban J connectivity index is 2.39. The van der Waals surface area contributed by atoms with Crippen LogP contribution in [0.5, 0.6) is 5.75 Å². The highest BCUT2D eigenvalue weighted by atomic mass is 35.5. The van der Waals surface area contributed by atoms with Gasteiger partial charge in [0.25, 0.3) is 5.56 Å². The lowest BCUT2D eigenvalue weighted by Gasteiger charge is -2.11. The van der Waals surface area contributed by atoms with Crippen LogP contribution in [-0.2, 0) is 12.4 Å². The van der Waals surface area contributed by atoms with Crippen molar-refractivity contribution in [3.8, 4) is 17.0 Å². The Morgan fingerprint density at radius 2 is 1.95 bits per heavy atom. The van der Waals surface area contributed by atoms with Gasteiger partial charge >= 0.3 is 0 Å². The molecule has 112 valence electrons. The monoisotopic (exact) mass is 306 g/mol. The fourth-order valence-electron chi connectivity index (χ4n) is 2.02. The lowest BCUT2D eigenvalue weighted by molar-refractivity contribution is 0.242. The van der Waals surface area contributed by atoms with Gasteiger partial charge in [-0.3, -0.25) is 4.79 Å². The first-order valence-corrected chi connectivity index (χ1v) is 7.52. The van der Waals surface area contributed by atoms with Crippen LogP contribution in [0.25, 0.3) is 11.3 Å². The molecule has 2 aromatic rings. The third kappa shape index (κ3) is 3.64. The van der Waals surface area contributed by atoms with Crippen LogP contribution in [0.15, 0.2) is 35.1 Å². The number of hydrogen-bond acceptors (Lipinski definition) is 3. The Labute approximate surface area is 129 Å². The smallest absolute Gasteiger partial charge is 0.271 e. The quantitative estimate of drug-likeness (QED) is 0.795. The van der Waals surface area contributed by atoms with Gasteiger partial charge in [-0.1, -0.05) is 0 Å². The summed E-state index contributed by atoms with van der Waals surface area (Å²) in [5.41, 5.74) is 2.10. The Morgan fingerprint density at radius 1 is 1.29 bits per heavy atom. The molecular weight excluding hydrogens is 288 g/mol. The topological polar surface area (TPSA) is 44.1 Å². The first kappa shape index (κ1) is 15.6. The van der Waals surface area contributed by atoms with Gasteiger partial charge in [0.05, 0.1) is 17.7 Å². The normalized spacial score (nSPS) is 10.9. The van der Waals surface area contributed by atoms with Crippen molar-refractivity contribution in [3.05, 3.63) is 46.2 Å². The number of hydrogen-bond donors (Lipinski definition) is 0. The molecule has 0 bridgehead atoms. The van der Waals surface area contributed by atoms with Gasteiger partial charge in [0, 0.05) is 17.7 Å². The van der Waals surface area contributed by atoms with Crippen molar-refractivity contribution in [1.82, 2.24) is 9.78 Å². The predicted molar refractivity (Wildman–Crippen MR) is 84.9 cm³/mol. The molecule has 0 saturated carbocycles. The number of alkyl halides is 1. The number of halogens is 1. The second-order valence-corrected chi connectivity index (χ2v) is 5.27. The van der Waals surface area contributed by atoms with Crippen LogP contribution in [0, 0.1) is 0 Å². The van der Waals surface area contributed by atoms with E-state index in [-0.39, 0.29) is 17.5 Å². The van der Waals surface area contributed by atoms with Gasteiger partial charge < -0.3 is 4.74 Å². The van der Waals surface area contributed by atoms with E-state index < -0.39 is 0 Å². The van der Waals surface area contributed by atoms with Crippen molar-refractivity contribution < 1.29 is 4.74 Å². The molecule has 1 aromatic heterocycles. The molecule has 0 aliphatic heterocycles. The molecule has 2 rings (SSSR count). The molecule has 0 atom stereocenters. The molecule has 5 heteroatoms. The molecule has 0 radical (unpaired) electrons. The largest absolute Gasteiger partial charge is 0.491 e. The van der Waals surface area contributed by atoms with Gasteiger partial charge in [-0.05, 0) is 51.1 Å². The van der Waals surface area contributed by atoms with Crippen molar-refractivity contribution in [2.24, 2.45) is 0 Å². The molecule has 1 aromatic carbocycles. The highest BCUT2D eigenvalue weighted by Gasteiger charge is 2.09. The van der Waals surface area contributed by atoms with Gasteiger partial charge in [0.1, 0.15) is 5.75 Å². The van der Waals surface area contributed by atoms with Crippen molar-refractivity contribution in [3.63, 3.8) is 0 Å². The third-order valence-corrected chi connectivity index (χ3v) is 3.30. The van der Waals surface area contributed by atoms with E-state index in [1.165, 1.54) is 4.68 Å². The predicted octanol–water partition coefficient (Wildman–Crippen LogP) is 3.46. The standard InChI is InChI=1S/C16H19ClN2O2/c1-4-19-16(20)13(10-17)9-15(18-19)12-5-7-14(8-6-12)21-11(2)3/h5-9,11H,4,10H2,1-3H3. The van der Waals surface area contributed by atoms with Crippen LogP contribution in [0.4, 0.5) is 0 Å². The number of nitrogens with zero attached hydrogens (tertiary/aromatic N) is 2. The Hall–Kier alpha value is -1.81. The van der Waals surface area contributed by atoms with E-state index in [9.17, 15) is 4.79 Å². The summed E-state index contributed by atoms with van der Waals surface area (Å²) in [6.45, 7) is 6.37. The fraction of sp³-hybridized carbons (Fsp3) is 0.375. The summed E-state index contributed by atoms with van der Waals surface area (Å²) in [6, 6.07) is 9.42. The Bertz CT molecular complexity index is 635. The lowest BCUT2D eigenvalue weighted by Crippen LogP contribution is -2.25. The highest BCUT2D eigenvalue weighted by molar-refractivity contribution is 6.17. The summed E-state index contributed by atoms with van der Waals surface area (Å²) >= 11 is 5.84. The summed E-state index contributed by atoms with van der Waals surface area (Å²) in [4.78, 5) is 12.0. The van der Waals surface area contributed by atoms with E-state index in [0.717, 1.165) is 17.0 Å². The Morgan fingerprint density at radius 3 is 2.48 bits per heavy atom. The summed E-state index contributed by atoms with van der Waals surface area (Å²) < 4.78 is 7.05. The zero-order valence-electron chi connectivity index (χ0n) is 12.5. The van der Waals surface area contributed by atoms with Crippen molar-refractivity contribution in [2.45, 2.75) is 39.3 Å². The molecule has 0 aliphatic rings. The van der Waals surface area contributed by atoms with Crippen LogP contribution in [0.3, 0.4) is 0 Å². The van der Waals surface area contributed by atoms with Crippen LogP contribution in [0.2, 0.25) is 0 Å². The van der Waals surface area contributed by atoms with E-state index in [1.807, 2.05) is 45.0 Å². The van der Waals surface area contributed by atoms with Crippen molar-refractivity contribution in [2.75, 3.05) is 0 Å². The van der Waals surface area contributed by atoms with Gasteiger partial charge in [-0.15, -0.1) is 11.6 Å². The van der Waals surface area contributed by atoms with Gasteiger partial charge in [-0.2, -0.15) is 5.10 Å². The fourth-order valence-corrected chi connectivity index (χ4v) is 2.22. The average molecular weight is 307 g/mol. The SMILES string of the molecule is CCn1nc(-c2ccc(OC(C)C)cc2)cc(CCl)c1=O. The van der Waals surface area contributed by atoms with E-state index in [4.69, 9.17) is 16.3 Å². The zero-order chi connectivity index (χ0) is 15.4. The highest BCUT2D eigenvalue weighted by Crippen LogP contribution is 2.21. The van der Waals surface area contributed by atoms with Crippen LogP contribution in [-0.4, -0.2) is 15.9 Å². The maximum Gasteiger partial charge on any atom is 0.271 e. The number of benzene rings is 1. The average Bonchev–Trinajstić information content (AvgIpc) is 2.48. The van der Waals surface area contributed by atoms with Gasteiger partial charge in [0.15, 0.2) is 0 Å². The number of rotatable bonds is 5. The number of aromatic nitrogens is 2. The first-order valence-electron chi connectivity index (χ1n) is 6.99. The maximum atomic E-state index is 12.0.